The quantitative estimate of drug-likeness (QED) is 0.106. The number of nitrogens with zero attached hydrogens (tertiary/aromatic N) is 2. The topological polar surface area (TPSA) is 206 Å². The molecule has 9 N–H and O–H groups in total. The number of rotatable bonds is 14. The molecule has 1 saturated heterocycles. The highest BCUT2D eigenvalue weighted by Gasteiger charge is 2.38. The van der Waals surface area contributed by atoms with Crippen molar-refractivity contribution in [2.24, 2.45) is 28.1 Å². The van der Waals surface area contributed by atoms with Crippen LogP contribution in [0.4, 0.5) is 0 Å². The minimum atomic E-state index is -1.14. The Morgan fingerprint density at radius 2 is 1.84 bits per heavy atom. The molecule has 1 aliphatic heterocycles. The maximum absolute atomic E-state index is 13.3. The van der Waals surface area contributed by atoms with Gasteiger partial charge >= 0.3 is 5.97 Å². The van der Waals surface area contributed by atoms with Gasteiger partial charge in [0.25, 0.3) is 0 Å². The number of nitrogens with one attached hydrogen (secondary N) is 2. The highest BCUT2D eigenvalue weighted by molar-refractivity contribution is 5.94. The molecule has 0 radical (unpaired) electrons. The van der Waals surface area contributed by atoms with Gasteiger partial charge in [0.05, 0.1) is 6.04 Å². The Labute approximate surface area is 223 Å². The smallest absolute Gasteiger partial charge is 0.326 e. The fourth-order valence-electron chi connectivity index (χ4n) is 4.42. The van der Waals surface area contributed by atoms with E-state index in [1.54, 1.807) is 6.92 Å². The van der Waals surface area contributed by atoms with Crippen molar-refractivity contribution < 1.29 is 24.3 Å². The van der Waals surface area contributed by atoms with E-state index in [9.17, 15) is 24.3 Å². The molecule has 1 aliphatic rings. The summed E-state index contributed by atoms with van der Waals surface area (Å²) in [5, 5.41) is 15.0. The molecule has 1 aromatic rings. The van der Waals surface area contributed by atoms with E-state index in [2.05, 4.69) is 15.6 Å². The summed E-state index contributed by atoms with van der Waals surface area (Å²) in [5.41, 5.74) is 17.5. The summed E-state index contributed by atoms with van der Waals surface area (Å²) in [5.74, 6) is -2.90. The molecule has 12 heteroatoms. The lowest BCUT2D eigenvalue weighted by Crippen LogP contribution is -2.57. The van der Waals surface area contributed by atoms with Crippen LogP contribution < -0.4 is 27.8 Å². The number of carboxylic acids is 1. The van der Waals surface area contributed by atoms with Crippen molar-refractivity contribution in [3.8, 4) is 0 Å². The van der Waals surface area contributed by atoms with Gasteiger partial charge in [0, 0.05) is 19.5 Å². The van der Waals surface area contributed by atoms with Gasteiger partial charge in [0.15, 0.2) is 5.96 Å². The van der Waals surface area contributed by atoms with Crippen LogP contribution in [-0.2, 0) is 25.6 Å². The Kier molecular flexibility index (Phi) is 12.0. The predicted molar refractivity (Wildman–Crippen MR) is 144 cm³/mol. The molecular formula is C26H41N7O5. The normalized spacial score (nSPS) is 18.1. The number of guanidine groups is 1. The summed E-state index contributed by atoms with van der Waals surface area (Å²) in [6.07, 6.45) is 2.63. The number of carbonyl (C=O) groups excluding carboxylic acids is 3. The zero-order valence-corrected chi connectivity index (χ0v) is 22.1. The Hall–Kier alpha value is -3.67. The molecule has 210 valence electrons. The van der Waals surface area contributed by atoms with Crippen LogP contribution in [0.5, 0.6) is 0 Å². The molecule has 1 heterocycles. The second-order valence-corrected chi connectivity index (χ2v) is 9.71. The van der Waals surface area contributed by atoms with Gasteiger partial charge in [-0.25, -0.2) is 4.79 Å². The summed E-state index contributed by atoms with van der Waals surface area (Å²) in [7, 11) is 0. The molecule has 0 saturated carbocycles. The number of carboxylic acid groups (broad SMARTS) is 1. The lowest BCUT2D eigenvalue weighted by atomic mass is 9.98. The number of benzene rings is 1. The maximum Gasteiger partial charge on any atom is 0.326 e. The number of nitrogens with two attached hydrogens (primary N) is 3. The maximum atomic E-state index is 13.3. The summed E-state index contributed by atoms with van der Waals surface area (Å²) in [6.45, 7) is 4.31. The Morgan fingerprint density at radius 1 is 1.16 bits per heavy atom. The Morgan fingerprint density at radius 3 is 2.45 bits per heavy atom. The standard InChI is InChI=1S/C26H41N7O5/c1-3-16(2)21(25(37)38)32-22(34)19(15-17-9-5-4-6-10-17)31-23(35)20-12-8-14-33(20)24(36)18(27)11-7-13-30-26(28)29/h4-6,9-10,16,18-21H,3,7-8,11-15,27H2,1-2H3,(H,31,35)(H,32,34)(H,37,38)(H4,28,29,30). The third kappa shape index (κ3) is 9.02. The molecule has 0 bridgehead atoms. The van der Waals surface area contributed by atoms with Gasteiger partial charge in [-0.3, -0.25) is 19.4 Å². The van der Waals surface area contributed by atoms with E-state index < -0.39 is 42.0 Å². The number of hydrogen-bond donors (Lipinski definition) is 6. The largest absolute Gasteiger partial charge is 0.480 e. The minimum absolute atomic E-state index is 0.0332. The van der Waals surface area contributed by atoms with E-state index in [0.717, 1.165) is 5.56 Å². The molecule has 38 heavy (non-hydrogen) atoms. The first-order valence-electron chi connectivity index (χ1n) is 13.0. The molecule has 1 fully saturated rings. The predicted octanol–water partition coefficient (Wildman–Crippen LogP) is -0.299. The zero-order valence-electron chi connectivity index (χ0n) is 22.1. The molecule has 1 aromatic carbocycles. The third-order valence-corrected chi connectivity index (χ3v) is 6.82. The number of hydrogen-bond acceptors (Lipinski definition) is 6. The van der Waals surface area contributed by atoms with E-state index in [4.69, 9.17) is 17.2 Å². The van der Waals surface area contributed by atoms with E-state index in [0.29, 0.717) is 45.2 Å². The molecule has 3 amide bonds. The molecule has 2 rings (SSSR count). The number of amides is 3. The second-order valence-electron chi connectivity index (χ2n) is 9.71. The molecular weight excluding hydrogens is 490 g/mol. The van der Waals surface area contributed by atoms with Crippen LogP contribution in [0.2, 0.25) is 0 Å². The van der Waals surface area contributed by atoms with Crippen molar-refractivity contribution in [1.82, 2.24) is 15.5 Å². The molecule has 0 spiro atoms. The number of aliphatic carboxylic acids is 1. The zero-order chi connectivity index (χ0) is 28.2. The first-order valence-corrected chi connectivity index (χ1v) is 13.0. The minimum Gasteiger partial charge on any atom is -0.480 e. The fourth-order valence-corrected chi connectivity index (χ4v) is 4.42. The summed E-state index contributed by atoms with van der Waals surface area (Å²) < 4.78 is 0. The number of aliphatic imine (C=N–C) groups is 1. The summed E-state index contributed by atoms with van der Waals surface area (Å²) in [4.78, 5) is 56.7. The first kappa shape index (κ1) is 30.6. The molecule has 5 atom stereocenters. The van der Waals surface area contributed by atoms with Gasteiger partial charge in [-0.1, -0.05) is 50.6 Å². The Bertz CT molecular complexity index is 983. The van der Waals surface area contributed by atoms with Crippen LogP contribution in [0.25, 0.3) is 0 Å². The van der Waals surface area contributed by atoms with Gasteiger partial charge < -0.3 is 37.8 Å². The summed E-state index contributed by atoms with van der Waals surface area (Å²) in [6, 6.07) is 5.41. The molecule has 12 nitrogen and oxygen atoms in total. The summed E-state index contributed by atoms with van der Waals surface area (Å²) >= 11 is 0. The van der Waals surface area contributed by atoms with Gasteiger partial charge in [-0.05, 0) is 37.2 Å². The third-order valence-electron chi connectivity index (χ3n) is 6.82. The Balaban J connectivity index is 2.13. The first-order chi connectivity index (χ1) is 18.0. The van der Waals surface area contributed by atoms with Gasteiger partial charge in [0.1, 0.15) is 18.1 Å². The van der Waals surface area contributed by atoms with Gasteiger partial charge in [-0.2, -0.15) is 0 Å². The van der Waals surface area contributed by atoms with Crippen molar-refractivity contribution in [2.75, 3.05) is 13.1 Å². The number of carbonyl (C=O) groups is 4. The van der Waals surface area contributed by atoms with Crippen LogP contribution in [0, 0.1) is 5.92 Å². The van der Waals surface area contributed by atoms with E-state index in [1.165, 1.54) is 4.90 Å². The average molecular weight is 532 g/mol. The highest BCUT2D eigenvalue weighted by Crippen LogP contribution is 2.20. The lowest BCUT2D eigenvalue weighted by Gasteiger charge is -2.29. The van der Waals surface area contributed by atoms with Crippen molar-refractivity contribution in [2.45, 2.75) is 76.5 Å². The highest BCUT2D eigenvalue weighted by atomic mass is 16.4. The van der Waals surface area contributed by atoms with E-state index in [1.807, 2.05) is 37.3 Å². The van der Waals surface area contributed by atoms with E-state index >= 15 is 0 Å². The van der Waals surface area contributed by atoms with Crippen molar-refractivity contribution >= 4 is 29.7 Å². The van der Waals surface area contributed by atoms with Gasteiger partial charge in [-0.15, -0.1) is 0 Å². The molecule has 5 unspecified atom stereocenters. The monoisotopic (exact) mass is 531 g/mol. The van der Waals surface area contributed by atoms with Crippen LogP contribution in [0.15, 0.2) is 35.3 Å². The van der Waals surface area contributed by atoms with Crippen molar-refractivity contribution in [3.63, 3.8) is 0 Å². The van der Waals surface area contributed by atoms with Crippen LogP contribution >= 0.6 is 0 Å². The van der Waals surface area contributed by atoms with E-state index in [-0.39, 0.29) is 24.2 Å². The van der Waals surface area contributed by atoms with Crippen LogP contribution in [0.3, 0.4) is 0 Å². The van der Waals surface area contributed by atoms with Crippen molar-refractivity contribution in [1.29, 1.82) is 0 Å². The fraction of sp³-hybridized carbons (Fsp3) is 0.577. The lowest BCUT2D eigenvalue weighted by molar-refractivity contribution is -0.144. The second kappa shape index (κ2) is 14.9. The van der Waals surface area contributed by atoms with Crippen LogP contribution in [0.1, 0.15) is 51.5 Å². The average Bonchev–Trinajstić information content (AvgIpc) is 3.38. The molecule has 0 aliphatic carbocycles. The SMILES string of the molecule is CCC(C)C(NC(=O)C(Cc1ccccc1)NC(=O)C1CCCN1C(=O)C(N)CCCN=C(N)N)C(=O)O. The molecule has 0 aromatic heterocycles. The number of likely N-dealkylation sites (tertiary alicyclic amines) is 1. The van der Waals surface area contributed by atoms with Crippen molar-refractivity contribution in [3.05, 3.63) is 35.9 Å². The van der Waals surface area contributed by atoms with Gasteiger partial charge in [0.2, 0.25) is 17.7 Å². The van der Waals surface area contributed by atoms with Crippen LogP contribution in [-0.4, -0.2) is 76.9 Å².